The molecule has 1 aromatic heterocycles. The highest BCUT2D eigenvalue weighted by Crippen LogP contribution is 2.11. The van der Waals surface area contributed by atoms with Gasteiger partial charge in [-0.1, -0.05) is 0 Å². The van der Waals surface area contributed by atoms with Crippen molar-refractivity contribution >= 4 is 5.91 Å². The summed E-state index contributed by atoms with van der Waals surface area (Å²) in [5, 5.41) is 4.09. The molecule has 1 unspecified atom stereocenters. The maximum Gasteiger partial charge on any atom is 0.237 e. The predicted octanol–water partition coefficient (Wildman–Crippen LogP) is -0.125. The summed E-state index contributed by atoms with van der Waals surface area (Å²) in [6.45, 7) is 2.32. The summed E-state index contributed by atoms with van der Waals surface area (Å²) in [5.41, 5.74) is 9.95. The average Bonchev–Trinajstić information content (AvgIpc) is 2.65. The van der Waals surface area contributed by atoms with Crippen LogP contribution in [-0.4, -0.2) is 28.3 Å². The van der Waals surface area contributed by atoms with Gasteiger partial charge in [0.15, 0.2) is 5.75 Å². The van der Waals surface area contributed by atoms with Gasteiger partial charge in [0.1, 0.15) is 0 Å². The van der Waals surface area contributed by atoms with Crippen molar-refractivity contribution < 1.29 is 9.53 Å². The second-order valence-electron chi connectivity index (χ2n) is 4.03. The summed E-state index contributed by atoms with van der Waals surface area (Å²) in [5.74, 6) is 0.232. The molecule has 0 spiro atoms. The minimum Gasteiger partial charge on any atom is -0.493 e. The average molecular weight is 226 g/mol. The van der Waals surface area contributed by atoms with Gasteiger partial charge in [0, 0.05) is 6.54 Å². The van der Waals surface area contributed by atoms with Gasteiger partial charge in [-0.15, -0.1) is 0 Å². The van der Waals surface area contributed by atoms with E-state index in [9.17, 15) is 4.79 Å². The van der Waals surface area contributed by atoms with E-state index in [1.807, 2.05) is 0 Å². The highest BCUT2D eigenvalue weighted by Gasteiger charge is 2.24. The highest BCUT2D eigenvalue weighted by atomic mass is 16.5. The van der Waals surface area contributed by atoms with Crippen molar-refractivity contribution in [2.75, 3.05) is 7.11 Å². The maximum absolute atomic E-state index is 11.0. The Labute approximate surface area is 94.5 Å². The minimum atomic E-state index is -0.947. The van der Waals surface area contributed by atoms with Crippen LogP contribution < -0.4 is 16.2 Å². The fourth-order valence-corrected chi connectivity index (χ4v) is 1.30. The zero-order valence-corrected chi connectivity index (χ0v) is 9.64. The molecular formula is C10H18N4O2. The molecule has 6 nitrogen and oxygen atoms in total. The molecule has 0 saturated heterocycles. The molecule has 0 aliphatic heterocycles. The van der Waals surface area contributed by atoms with Crippen molar-refractivity contribution in [1.29, 1.82) is 0 Å². The first-order valence-corrected chi connectivity index (χ1v) is 5.11. The van der Waals surface area contributed by atoms with Crippen LogP contribution in [0.4, 0.5) is 0 Å². The van der Waals surface area contributed by atoms with Crippen LogP contribution in [0.1, 0.15) is 19.8 Å². The number of aromatic nitrogens is 2. The molecular weight excluding hydrogens is 208 g/mol. The largest absolute Gasteiger partial charge is 0.493 e. The van der Waals surface area contributed by atoms with Crippen molar-refractivity contribution in [2.24, 2.45) is 11.5 Å². The fraction of sp³-hybridized carbons (Fsp3) is 0.600. The van der Waals surface area contributed by atoms with Crippen molar-refractivity contribution in [2.45, 2.75) is 31.8 Å². The predicted molar refractivity (Wildman–Crippen MR) is 59.8 cm³/mol. The molecule has 1 rings (SSSR count). The number of rotatable bonds is 6. The highest BCUT2D eigenvalue weighted by molar-refractivity contribution is 5.83. The van der Waals surface area contributed by atoms with Gasteiger partial charge in [-0.05, 0) is 19.8 Å². The van der Waals surface area contributed by atoms with E-state index in [-0.39, 0.29) is 0 Å². The van der Waals surface area contributed by atoms with Crippen molar-refractivity contribution in [3.63, 3.8) is 0 Å². The van der Waals surface area contributed by atoms with Gasteiger partial charge >= 0.3 is 0 Å². The number of carbonyl (C=O) groups excluding carboxylic acids is 1. The molecule has 1 heterocycles. The van der Waals surface area contributed by atoms with Gasteiger partial charge in [0.2, 0.25) is 5.91 Å². The molecule has 4 N–H and O–H groups in total. The number of hydrogen-bond donors (Lipinski definition) is 2. The molecule has 0 aliphatic rings. The molecule has 0 aromatic carbocycles. The molecule has 0 saturated carbocycles. The third-order valence-corrected chi connectivity index (χ3v) is 2.49. The number of carbonyl (C=O) groups is 1. The van der Waals surface area contributed by atoms with E-state index in [1.165, 1.54) is 0 Å². The molecule has 0 bridgehead atoms. The number of hydrogen-bond acceptors (Lipinski definition) is 4. The molecule has 1 amide bonds. The molecule has 0 fully saturated rings. The number of nitrogens with two attached hydrogens (primary N) is 2. The number of ether oxygens (including phenoxy) is 1. The normalized spacial score (nSPS) is 14.4. The standard InChI is InChI=1S/C10H18N4O2/c1-10(12,9(11)15)4-3-5-14-7-8(16-2)6-13-14/h6-7H,3-5,12H2,1-2H3,(H2,11,15). The molecule has 16 heavy (non-hydrogen) atoms. The Morgan fingerprint density at radius 2 is 2.38 bits per heavy atom. The number of methoxy groups -OCH3 is 1. The Morgan fingerprint density at radius 1 is 1.69 bits per heavy atom. The van der Waals surface area contributed by atoms with E-state index >= 15 is 0 Å². The molecule has 1 atom stereocenters. The van der Waals surface area contributed by atoms with Gasteiger partial charge in [-0.2, -0.15) is 5.10 Å². The van der Waals surface area contributed by atoms with E-state index in [0.29, 0.717) is 18.7 Å². The maximum atomic E-state index is 11.0. The fourth-order valence-electron chi connectivity index (χ4n) is 1.30. The van der Waals surface area contributed by atoms with E-state index < -0.39 is 11.4 Å². The van der Waals surface area contributed by atoms with E-state index in [1.54, 1.807) is 31.1 Å². The van der Waals surface area contributed by atoms with Crippen LogP contribution in [0.3, 0.4) is 0 Å². The van der Waals surface area contributed by atoms with Crippen LogP contribution in [0.25, 0.3) is 0 Å². The van der Waals surface area contributed by atoms with Crippen LogP contribution in [0.15, 0.2) is 12.4 Å². The summed E-state index contributed by atoms with van der Waals surface area (Å²) in [6.07, 6.45) is 4.69. The third-order valence-electron chi connectivity index (χ3n) is 2.49. The summed E-state index contributed by atoms with van der Waals surface area (Å²) in [4.78, 5) is 11.0. The Morgan fingerprint density at radius 3 is 2.88 bits per heavy atom. The lowest BCUT2D eigenvalue weighted by Crippen LogP contribution is -2.49. The summed E-state index contributed by atoms with van der Waals surface area (Å²) in [7, 11) is 1.59. The zero-order chi connectivity index (χ0) is 12.2. The molecule has 1 aromatic rings. The Kier molecular flexibility index (Phi) is 3.89. The summed E-state index contributed by atoms with van der Waals surface area (Å²) >= 11 is 0. The van der Waals surface area contributed by atoms with Gasteiger partial charge in [0.25, 0.3) is 0 Å². The van der Waals surface area contributed by atoms with Gasteiger partial charge in [-0.25, -0.2) is 0 Å². The lowest BCUT2D eigenvalue weighted by atomic mass is 9.96. The van der Waals surface area contributed by atoms with Crippen LogP contribution in [0, 0.1) is 0 Å². The second kappa shape index (κ2) is 4.98. The molecule has 90 valence electrons. The quantitative estimate of drug-likeness (QED) is 0.706. The SMILES string of the molecule is COc1cnn(CCCC(C)(N)C(N)=O)c1. The van der Waals surface area contributed by atoms with Crippen LogP contribution >= 0.6 is 0 Å². The second-order valence-corrected chi connectivity index (χ2v) is 4.03. The van der Waals surface area contributed by atoms with E-state index in [2.05, 4.69) is 5.10 Å². The number of nitrogens with zero attached hydrogens (tertiary/aromatic N) is 2. The molecule has 6 heteroatoms. The van der Waals surface area contributed by atoms with Gasteiger partial charge in [-0.3, -0.25) is 9.48 Å². The number of amides is 1. The molecule has 0 aliphatic carbocycles. The first-order valence-electron chi connectivity index (χ1n) is 5.11. The van der Waals surface area contributed by atoms with Gasteiger partial charge < -0.3 is 16.2 Å². The zero-order valence-electron chi connectivity index (χ0n) is 9.64. The first kappa shape index (κ1) is 12.5. The van der Waals surface area contributed by atoms with Gasteiger partial charge in [0.05, 0.1) is 25.0 Å². The summed E-state index contributed by atoms with van der Waals surface area (Å²) < 4.78 is 6.74. The Hall–Kier alpha value is -1.56. The summed E-state index contributed by atoms with van der Waals surface area (Å²) in [6, 6.07) is 0. The smallest absolute Gasteiger partial charge is 0.237 e. The van der Waals surface area contributed by atoms with Crippen molar-refractivity contribution in [1.82, 2.24) is 9.78 Å². The lowest BCUT2D eigenvalue weighted by molar-refractivity contribution is -0.122. The van der Waals surface area contributed by atoms with E-state index in [4.69, 9.17) is 16.2 Å². The van der Waals surface area contributed by atoms with Crippen LogP contribution in [0.2, 0.25) is 0 Å². The number of primary amides is 1. The lowest BCUT2D eigenvalue weighted by Gasteiger charge is -2.19. The van der Waals surface area contributed by atoms with E-state index in [0.717, 1.165) is 6.42 Å². The van der Waals surface area contributed by atoms with Crippen molar-refractivity contribution in [3.8, 4) is 5.75 Å². The van der Waals surface area contributed by atoms with Crippen molar-refractivity contribution in [3.05, 3.63) is 12.4 Å². The third kappa shape index (κ3) is 3.23. The van der Waals surface area contributed by atoms with Crippen LogP contribution in [-0.2, 0) is 11.3 Å². The topological polar surface area (TPSA) is 96.2 Å². The number of aryl methyl sites for hydroxylation is 1. The Bertz CT molecular complexity index is 359. The van der Waals surface area contributed by atoms with Crippen LogP contribution in [0.5, 0.6) is 5.75 Å². The Balaban J connectivity index is 2.38. The molecule has 0 radical (unpaired) electrons. The monoisotopic (exact) mass is 226 g/mol. The minimum absolute atomic E-state index is 0.481. The first-order chi connectivity index (χ1) is 7.45.